The summed E-state index contributed by atoms with van der Waals surface area (Å²) in [6.07, 6.45) is 1.63. The molecule has 0 spiro atoms. The first-order chi connectivity index (χ1) is 10.1. The molecule has 2 aromatic rings. The third kappa shape index (κ3) is 4.01. The second kappa shape index (κ2) is 6.48. The molecule has 9 heteroatoms. The number of nitrogens with one attached hydrogen (secondary N) is 4. The smallest absolute Gasteiger partial charge is 0.286 e. The number of carbonyl (C=O) groups is 1. The van der Waals surface area contributed by atoms with Gasteiger partial charge in [-0.15, -0.1) is 0 Å². The van der Waals surface area contributed by atoms with Crippen LogP contribution in [0.2, 0.25) is 0 Å². The summed E-state index contributed by atoms with van der Waals surface area (Å²) in [5, 5.41) is 13.5. The standard InChI is InChI=1S/C12H11N5O3S/c18-11(10-2-1-7-13-10)15-16-12(21)14-8-3-5-9(6-4-8)17(19)20/h1-7,13H,(H,15,18)(H2,14,16,21). The van der Waals surface area contributed by atoms with E-state index in [9.17, 15) is 14.9 Å². The van der Waals surface area contributed by atoms with Gasteiger partial charge in [0.05, 0.1) is 4.92 Å². The van der Waals surface area contributed by atoms with Gasteiger partial charge in [0.1, 0.15) is 5.69 Å². The van der Waals surface area contributed by atoms with Crippen molar-refractivity contribution in [2.75, 3.05) is 5.32 Å². The average molecular weight is 305 g/mol. The average Bonchev–Trinajstić information content (AvgIpc) is 2.99. The van der Waals surface area contributed by atoms with Crippen LogP contribution in [0.4, 0.5) is 11.4 Å². The molecule has 0 aliphatic rings. The van der Waals surface area contributed by atoms with Gasteiger partial charge in [0.15, 0.2) is 5.11 Å². The fourth-order valence-electron chi connectivity index (χ4n) is 1.48. The molecular weight excluding hydrogens is 294 g/mol. The molecule has 0 bridgehead atoms. The number of rotatable bonds is 3. The van der Waals surface area contributed by atoms with Crippen LogP contribution in [0.15, 0.2) is 42.6 Å². The van der Waals surface area contributed by atoms with Gasteiger partial charge in [-0.1, -0.05) is 0 Å². The van der Waals surface area contributed by atoms with E-state index >= 15 is 0 Å². The topological polar surface area (TPSA) is 112 Å². The minimum Gasteiger partial charge on any atom is -0.357 e. The van der Waals surface area contributed by atoms with Crippen molar-refractivity contribution in [2.45, 2.75) is 0 Å². The molecule has 8 nitrogen and oxygen atoms in total. The van der Waals surface area contributed by atoms with Crippen molar-refractivity contribution < 1.29 is 9.72 Å². The van der Waals surface area contributed by atoms with Crippen molar-refractivity contribution in [3.8, 4) is 0 Å². The van der Waals surface area contributed by atoms with Crippen LogP contribution in [0.5, 0.6) is 0 Å². The Bertz CT molecular complexity index is 654. The van der Waals surface area contributed by atoms with Crippen molar-refractivity contribution in [1.29, 1.82) is 0 Å². The molecule has 1 heterocycles. The lowest BCUT2D eigenvalue weighted by atomic mass is 10.3. The molecule has 0 saturated heterocycles. The fraction of sp³-hybridized carbons (Fsp3) is 0. The first-order valence-corrected chi connectivity index (χ1v) is 6.22. The minimum absolute atomic E-state index is 0.0144. The summed E-state index contributed by atoms with van der Waals surface area (Å²) in [7, 11) is 0. The van der Waals surface area contributed by atoms with E-state index in [1.807, 2.05) is 0 Å². The van der Waals surface area contributed by atoms with Gasteiger partial charge in [0, 0.05) is 24.0 Å². The van der Waals surface area contributed by atoms with Crippen LogP contribution in [0.3, 0.4) is 0 Å². The zero-order valence-electron chi connectivity index (χ0n) is 10.6. The zero-order valence-corrected chi connectivity index (χ0v) is 11.4. The number of non-ortho nitro benzene ring substituents is 1. The SMILES string of the molecule is O=C(NNC(=S)Nc1ccc([N+](=O)[O-])cc1)c1ccc[nH]1. The van der Waals surface area contributed by atoms with Gasteiger partial charge < -0.3 is 10.3 Å². The lowest BCUT2D eigenvalue weighted by Crippen LogP contribution is -2.43. The fourth-order valence-corrected chi connectivity index (χ4v) is 1.65. The van der Waals surface area contributed by atoms with E-state index < -0.39 is 4.92 Å². The predicted octanol–water partition coefficient (Wildman–Crippen LogP) is 1.55. The van der Waals surface area contributed by atoms with E-state index in [2.05, 4.69) is 21.2 Å². The highest BCUT2D eigenvalue weighted by Gasteiger charge is 2.07. The Morgan fingerprint density at radius 1 is 1.19 bits per heavy atom. The molecule has 0 atom stereocenters. The number of nitro groups is 1. The number of hydrogen-bond acceptors (Lipinski definition) is 4. The highest BCUT2D eigenvalue weighted by Crippen LogP contribution is 2.15. The first kappa shape index (κ1) is 14.5. The van der Waals surface area contributed by atoms with Gasteiger partial charge in [-0.2, -0.15) is 0 Å². The van der Waals surface area contributed by atoms with Crippen molar-refractivity contribution in [3.63, 3.8) is 0 Å². The number of benzene rings is 1. The van der Waals surface area contributed by atoms with E-state index in [0.29, 0.717) is 11.4 Å². The van der Waals surface area contributed by atoms with Crippen LogP contribution in [0.25, 0.3) is 0 Å². The minimum atomic E-state index is -0.489. The Balaban J connectivity index is 1.84. The highest BCUT2D eigenvalue weighted by molar-refractivity contribution is 7.80. The molecule has 21 heavy (non-hydrogen) atoms. The number of nitro benzene ring substituents is 1. The second-order valence-corrected chi connectivity index (χ2v) is 4.33. The lowest BCUT2D eigenvalue weighted by molar-refractivity contribution is -0.384. The summed E-state index contributed by atoms with van der Waals surface area (Å²) in [5.41, 5.74) is 5.86. The predicted molar refractivity (Wildman–Crippen MR) is 80.7 cm³/mol. The maximum atomic E-state index is 11.6. The van der Waals surface area contributed by atoms with E-state index in [1.54, 1.807) is 18.3 Å². The number of aromatic nitrogens is 1. The molecule has 0 radical (unpaired) electrons. The second-order valence-electron chi connectivity index (χ2n) is 3.92. The molecule has 1 aromatic carbocycles. The number of amides is 1. The summed E-state index contributed by atoms with van der Waals surface area (Å²) in [6, 6.07) is 9.04. The van der Waals surface area contributed by atoms with Crippen molar-refractivity contribution in [3.05, 3.63) is 58.4 Å². The number of nitrogens with zero attached hydrogens (tertiary/aromatic N) is 1. The van der Waals surface area contributed by atoms with Crippen LogP contribution < -0.4 is 16.2 Å². The maximum absolute atomic E-state index is 11.6. The number of anilines is 1. The molecule has 0 unspecified atom stereocenters. The van der Waals surface area contributed by atoms with Crippen LogP contribution in [-0.4, -0.2) is 20.9 Å². The molecule has 0 aliphatic heterocycles. The molecular formula is C12H11N5O3S. The van der Waals surface area contributed by atoms with E-state index in [4.69, 9.17) is 12.2 Å². The Kier molecular flexibility index (Phi) is 4.46. The summed E-state index contributed by atoms with van der Waals surface area (Å²) in [4.78, 5) is 24.4. The number of hydrogen-bond donors (Lipinski definition) is 4. The molecule has 108 valence electrons. The Morgan fingerprint density at radius 2 is 1.90 bits per heavy atom. The molecule has 0 saturated carbocycles. The number of aromatic amines is 1. The molecule has 0 aliphatic carbocycles. The zero-order chi connectivity index (χ0) is 15.2. The Morgan fingerprint density at radius 3 is 2.48 bits per heavy atom. The molecule has 0 fully saturated rings. The van der Waals surface area contributed by atoms with Gasteiger partial charge in [0.2, 0.25) is 0 Å². The van der Waals surface area contributed by atoms with Gasteiger partial charge >= 0.3 is 0 Å². The Labute approximate surface area is 124 Å². The maximum Gasteiger partial charge on any atom is 0.286 e. The molecule has 1 aromatic heterocycles. The Hall–Kier alpha value is -2.94. The van der Waals surface area contributed by atoms with Gasteiger partial charge in [0.25, 0.3) is 11.6 Å². The van der Waals surface area contributed by atoms with Crippen LogP contribution in [-0.2, 0) is 0 Å². The van der Waals surface area contributed by atoms with Crippen LogP contribution >= 0.6 is 12.2 Å². The number of thiocarbonyl (C=S) groups is 1. The molecule has 2 rings (SSSR count). The number of hydrazine groups is 1. The van der Waals surface area contributed by atoms with E-state index in [1.165, 1.54) is 24.3 Å². The summed E-state index contributed by atoms with van der Waals surface area (Å²) in [5.74, 6) is -0.368. The largest absolute Gasteiger partial charge is 0.357 e. The van der Waals surface area contributed by atoms with Crippen molar-refractivity contribution >= 4 is 34.6 Å². The van der Waals surface area contributed by atoms with Gasteiger partial charge in [-0.25, -0.2) is 0 Å². The quantitative estimate of drug-likeness (QED) is 0.389. The molecule has 1 amide bonds. The highest BCUT2D eigenvalue weighted by atomic mass is 32.1. The first-order valence-electron chi connectivity index (χ1n) is 5.81. The normalized spacial score (nSPS) is 9.71. The van der Waals surface area contributed by atoms with Crippen LogP contribution in [0, 0.1) is 10.1 Å². The van der Waals surface area contributed by atoms with Crippen molar-refractivity contribution in [2.24, 2.45) is 0 Å². The summed E-state index contributed by atoms with van der Waals surface area (Å²) >= 11 is 4.99. The van der Waals surface area contributed by atoms with Crippen molar-refractivity contribution in [1.82, 2.24) is 15.8 Å². The van der Waals surface area contributed by atoms with Crippen LogP contribution in [0.1, 0.15) is 10.5 Å². The summed E-state index contributed by atoms with van der Waals surface area (Å²) in [6.45, 7) is 0. The van der Waals surface area contributed by atoms with Gasteiger partial charge in [-0.05, 0) is 36.5 Å². The van der Waals surface area contributed by atoms with Gasteiger partial charge in [-0.3, -0.25) is 25.8 Å². The number of H-pyrrole nitrogens is 1. The number of carbonyl (C=O) groups excluding carboxylic acids is 1. The third-order valence-electron chi connectivity index (χ3n) is 2.47. The van der Waals surface area contributed by atoms with E-state index in [0.717, 1.165) is 0 Å². The third-order valence-corrected chi connectivity index (χ3v) is 2.67. The molecule has 4 N–H and O–H groups in total. The summed E-state index contributed by atoms with van der Waals surface area (Å²) < 4.78 is 0. The van der Waals surface area contributed by atoms with E-state index in [-0.39, 0.29) is 16.7 Å². The lowest BCUT2D eigenvalue weighted by Gasteiger charge is -2.10. The monoisotopic (exact) mass is 305 g/mol.